The van der Waals surface area contributed by atoms with Crippen molar-refractivity contribution in [1.82, 2.24) is 14.9 Å². The van der Waals surface area contributed by atoms with Gasteiger partial charge in [0, 0.05) is 18.3 Å². The molecule has 8 nitrogen and oxygen atoms in total. The van der Waals surface area contributed by atoms with Crippen LogP contribution in [0.2, 0.25) is 0 Å². The van der Waals surface area contributed by atoms with E-state index in [0.29, 0.717) is 48.5 Å². The molecule has 0 aliphatic carbocycles. The van der Waals surface area contributed by atoms with E-state index in [9.17, 15) is 0 Å². The fourth-order valence-corrected chi connectivity index (χ4v) is 3.27. The summed E-state index contributed by atoms with van der Waals surface area (Å²) in [6.45, 7) is 13.3. The van der Waals surface area contributed by atoms with Crippen LogP contribution < -0.4 is 14.8 Å². The summed E-state index contributed by atoms with van der Waals surface area (Å²) >= 11 is 0. The van der Waals surface area contributed by atoms with Crippen LogP contribution in [0.4, 0.5) is 0 Å². The second kappa shape index (κ2) is 9.02. The maximum atomic E-state index is 7.77. The summed E-state index contributed by atoms with van der Waals surface area (Å²) < 4.78 is 19.2. The largest absolute Gasteiger partial charge is 0.496 e. The number of aliphatic imine (C=N–C) groups is 1. The van der Waals surface area contributed by atoms with E-state index < -0.39 is 0 Å². The minimum absolute atomic E-state index is 0.158. The van der Waals surface area contributed by atoms with Gasteiger partial charge in [0.05, 0.1) is 31.4 Å². The van der Waals surface area contributed by atoms with Gasteiger partial charge in [0.15, 0.2) is 5.84 Å². The molecular formula is C22H29N5O3. The van der Waals surface area contributed by atoms with Gasteiger partial charge < -0.3 is 24.1 Å². The first-order valence-electron chi connectivity index (χ1n) is 9.99. The summed E-state index contributed by atoms with van der Waals surface area (Å²) in [5, 5.41) is 11.1. The molecule has 2 aromatic rings. The Morgan fingerprint density at radius 1 is 1.43 bits per heavy atom. The molecule has 1 aromatic carbocycles. The molecule has 0 saturated carbocycles. The summed E-state index contributed by atoms with van der Waals surface area (Å²) in [6.07, 6.45) is 1.94. The zero-order valence-corrected chi connectivity index (χ0v) is 18.2. The minimum atomic E-state index is 0.158. The molecule has 1 aliphatic heterocycles. The SMILES string of the molecule is C=C(OCC)c1cc2c(cc1OC)OCCn1cc(/C(=N/C(C)=N)NC(C)C)nc1-2. The lowest BCUT2D eigenvalue weighted by Crippen LogP contribution is -2.32. The summed E-state index contributed by atoms with van der Waals surface area (Å²) in [5.74, 6) is 3.40. The molecule has 0 fully saturated rings. The molecule has 160 valence electrons. The quantitative estimate of drug-likeness (QED) is 0.429. The Morgan fingerprint density at radius 3 is 2.83 bits per heavy atom. The van der Waals surface area contributed by atoms with E-state index in [1.165, 1.54) is 0 Å². The second-order valence-corrected chi connectivity index (χ2v) is 7.24. The number of fused-ring (bicyclic) bond motifs is 3. The number of imidazole rings is 1. The summed E-state index contributed by atoms with van der Waals surface area (Å²) in [5.41, 5.74) is 2.26. The van der Waals surface area contributed by atoms with Gasteiger partial charge in [0.1, 0.15) is 41.2 Å². The fourth-order valence-electron chi connectivity index (χ4n) is 3.27. The zero-order chi connectivity index (χ0) is 21.8. The lowest BCUT2D eigenvalue weighted by atomic mass is 10.1. The third-order valence-corrected chi connectivity index (χ3v) is 4.48. The Hall–Kier alpha value is -3.29. The Kier molecular flexibility index (Phi) is 6.44. The number of amidine groups is 2. The van der Waals surface area contributed by atoms with Crippen LogP contribution in [0.25, 0.3) is 17.1 Å². The molecule has 8 heteroatoms. The van der Waals surface area contributed by atoms with Crippen molar-refractivity contribution in [2.24, 2.45) is 4.99 Å². The van der Waals surface area contributed by atoms with Crippen molar-refractivity contribution in [1.29, 1.82) is 5.41 Å². The molecule has 2 N–H and O–H groups in total. The lowest BCUT2D eigenvalue weighted by Gasteiger charge is -2.15. The summed E-state index contributed by atoms with van der Waals surface area (Å²) in [7, 11) is 1.61. The predicted molar refractivity (Wildman–Crippen MR) is 119 cm³/mol. The number of aromatic nitrogens is 2. The number of nitrogens with zero attached hydrogens (tertiary/aromatic N) is 3. The van der Waals surface area contributed by atoms with E-state index in [-0.39, 0.29) is 11.9 Å². The molecule has 0 saturated heterocycles. The summed E-state index contributed by atoms with van der Waals surface area (Å²) in [6, 6.07) is 3.95. The number of hydrogen-bond acceptors (Lipinski definition) is 5. The van der Waals surface area contributed by atoms with Crippen molar-refractivity contribution in [3.05, 3.63) is 36.2 Å². The second-order valence-electron chi connectivity index (χ2n) is 7.24. The van der Waals surface area contributed by atoms with Crippen molar-refractivity contribution in [3.8, 4) is 22.9 Å². The number of benzene rings is 1. The van der Waals surface area contributed by atoms with E-state index >= 15 is 0 Å². The normalized spacial score (nSPS) is 13.1. The molecule has 1 aliphatic rings. The van der Waals surface area contributed by atoms with Gasteiger partial charge in [0.2, 0.25) is 0 Å². The molecule has 0 bridgehead atoms. The Bertz CT molecular complexity index is 991. The smallest absolute Gasteiger partial charge is 0.155 e. The number of nitrogens with one attached hydrogen (secondary N) is 2. The lowest BCUT2D eigenvalue weighted by molar-refractivity contribution is 0.294. The number of rotatable bonds is 6. The average Bonchev–Trinajstić information content (AvgIpc) is 3.03. The Morgan fingerprint density at radius 2 is 2.20 bits per heavy atom. The van der Waals surface area contributed by atoms with E-state index in [0.717, 1.165) is 17.0 Å². The molecule has 2 heterocycles. The standard InChI is InChI=1S/C22H29N5O3/c1-7-29-14(4)16-10-17-20(11-19(16)28-6)30-9-8-27-12-18(26-22(17)27)21(24-13(2)3)25-15(5)23/h10-13H,4,7-9H2,1-3,5-6H3,(H2,23,24,25). The van der Waals surface area contributed by atoms with Crippen molar-refractivity contribution >= 4 is 17.4 Å². The first kappa shape index (κ1) is 21.4. The molecule has 0 unspecified atom stereocenters. The molecule has 0 radical (unpaired) electrons. The highest BCUT2D eigenvalue weighted by Gasteiger charge is 2.24. The molecule has 30 heavy (non-hydrogen) atoms. The van der Waals surface area contributed by atoms with E-state index in [1.807, 2.05) is 43.7 Å². The zero-order valence-electron chi connectivity index (χ0n) is 18.2. The van der Waals surface area contributed by atoms with Crippen LogP contribution in [0.5, 0.6) is 11.5 Å². The van der Waals surface area contributed by atoms with Crippen LogP contribution in [-0.4, -0.2) is 47.6 Å². The van der Waals surface area contributed by atoms with Crippen molar-refractivity contribution in [2.75, 3.05) is 20.3 Å². The van der Waals surface area contributed by atoms with Crippen LogP contribution in [0.1, 0.15) is 39.0 Å². The van der Waals surface area contributed by atoms with Crippen LogP contribution in [0.3, 0.4) is 0 Å². The third kappa shape index (κ3) is 4.48. The van der Waals surface area contributed by atoms with Gasteiger partial charge in [-0.1, -0.05) is 6.58 Å². The minimum Gasteiger partial charge on any atom is -0.496 e. The molecule has 3 rings (SSSR count). The Balaban J connectivity index is 2.14. The van der Waals surface area contributed by atoms with Gasteiger partial charge in [-0.05, 0) is 33.8 Å². The monoisotopic (exact) mass is 411 g/mol. The van der Waals surface area contributed by atoms with Gasteiger partial charge in [-0.3, -0.25) is 5.41 Å². The van der Waals surface area contributed by atoms with Crippen LogP contribution in [0, 0.1) is 5.41 Å². The summed E-state index contributed by atoms with van der Waals surface area (Å²) in [4.78, 5) is 9.18. The van der Waals surface area contributed by atoms with Gasteiger partial charge in [0.25, 0.3) is 0 Å². The molecule has 0 amide bonds. The number of ether oxygens (including phenoxy) is 3. The predicted octanol–water partition coefficient (Wildman–Crippen LogP) is 3.70. The highest BCUT2D eigenvalue weighted by molar-refractivity contribution is 6.04. The highest BCUT2D eigenvalue weighted by atomic mass is 16.5. The first-order valence-corrected chi connectivity index (χ1v) is 9.99. The first-order chi connectivity index (χ1) is 14.3. The van der Waals surface area contributed by atoms with Crippen LogP contribution in [0.15, 0.2) is 29.9 Å². The molecular weight excluding hydrogens is 382 g/mol. The molecule has 0 spiro atoms. The topological polar surface area (TPSA) is 93.8 Å². The van der Waals surface area contributed by atoms with Crippen molar-refractivity contribution in [2.45, 2.75) is 40.3 Å². The van der Waals surface area contributed by atoms with E-state index in [4.69, 9.17) is 24.6 Å². The van der Waals surface area contributed by atoms with Gasteiger partial charge in [-0.25, -0.2) is 9.98 Å². The third-order valence-electron chi connectivity index (χ3n) is 4.48. The van der Waals surface area contributed by atoms with Crippen LogP contribution >= 0.6 is 0 Å². The maximum absolute atomic E-state index is 7.77. The maximum Gasteiger partial charge on any atom is 0.155 e. The van der Waals surface area contributed by atoms with Gasteiger partial charge in [-0.2, -0.15) is 0 Å². The Labute approximate surface area is 177 Å². The average molecular weight is 412 g/mol. The van der Waals surface area contributed by atoms with Crippen molar-refractivity contribution < 1.29 is 14.2 Å². The number of hydrogen-bond donors (Lipinski definition) is 2. The fraction of sp³-hybridized carbons (Fsp3) is 0.409. The van der Waals surface area contributed by atoms with E-state index in [2.05, 4.69) is 16.9 Å². The molecule has 1 aromatic heterocycles. The van der Waals surface area contributed by atoms with Gasteiger partial charge in [-0.15, -0.1) is 0 Å². The number of methoxy groups -OCH3 is 1. The van der Waals surface area contributed by atoms with E-state index in [1.54, 1.807) is 14.0 Å². The van der Waals surface area contributed by atoms with Gasteiger partial charge >= 0.3 is 0 Å². The molecule has 0 atom stereocenters. The van der Waals surface area contributed by atoms with Crippen molar-refractivity contribution in [3.63, 3.8) is 0 Å². The highest BCUT2D eigenvalue weighted by Crippen LogP contribution is 2.39. The van der Waals surface area contributed by atoms with Crippen LogP contribution in [-0.2, 0) is 11.3 Å².